The van der Waals surface area contributed by atoms with Crippen LogP contribution >= 0.6 is 11.8 Å². The zero-order chi connectivity index (χ0) is 17.6. The van der Waals surface area contributed by atoms with Crippen molar-refractivity contribution in [2.45, 2.75) is 24.0 Å². The first-order chi connectivity index (χ1) is 11.4. The molecule has 130 valence electrons. The van der Waals surface area contributed by atoms with Crippen LogP contribution in [0.1, 0.15) is 24.1 Å². The van der Waals surface area contributed by atoms with Gasteiger partial charge in [0.1, 0.15) is 5.75 Å². The highest BCUT2D eigenvalue weighted by atomic mass is 32.2. The van der Waals surface area contributed by atoms with E-state index in [9.17, 15) is 13.2 Å². The molecule has 0 fully saturated rings. The van der Waals surface area contributed by atoms with Gasteiger partial charge in [-0.15, -0.1) is 11.8 Å². The molecule has 6 heteroatoms. The third kappa shape index (κ3) is 5.46. The predicted octanol–water partition coefficient (Wildman–Crippen LogP) is 5.16. The second-order valence-corrected chi connectivity index (χ2v) is 6.49. The minimum atomic E-state index is -4.28. The molecule has 0 saturated heterocycles. The summed E-state index contributed by atoms with van der Waals surface area (Å²) in [5.41, 5.74) is 0.519. The Morgan fingerprint density at radius 2 is 1.83 bits per heavy atom. The largest absolute Gasteiger partial charge is 0.497 e. The second kappa shape index (κ2) is 8.44. The van der Waals surface area contributed by atoms with Gasteiger partial charge in [-0.25, -0.2) is 0 Å². The Hall–Kier alpha value is -1.66. The zero-order valence-corrected chi connectivity index (χ0v) is 14.4. The van der Waals surface area contributed by atoms with Crippen LogP contribution in [0.15, 0.2) is 53.4 Å². The van der Waals surface area contributed by atoms with E-state index in [2.05, 4.69) is 12.2 Å². The molecule has 1 N–H and O–H groups in total. The van der Waals surface area contributed by atoms with Crippen molar-refractivity contribution >= 4 is 11.8 Å². The van der Waals surface area contributed by atoms with Gasteiger partial charge in [0.25, 0.3) is 0 Å². The van der Waals surface area contributed by atoms with Gasteiger partial charge < -0.3 is 10.1 Å². The van der Waals surface area contributed by atoms with Crippen LogP contribution in [0.2, 0.25) is 0 Å². The highest BCUT2D eigenvalue weighted by Gasteiger charge is 2.29. The topological polar surface area (TPSA) is 21.3 Å². The Balaban J connectivity index is 1.78. The first kappa shape index (κ1) is 18.7. The van der Waals surface area contributed by atoms with Gasteiger partial charge in [-0.05, 0) is 48.9 Å². The molecule has 0 saturated carbocycles. The Labute approximate surface area is 144 Å². The third-order valence-electron chi connectivity index (χ3n) is 3.60. The summed E-state index contributed by atoms with van der Waals surface area (Å²) < 4.78 is 42.7. The van der Waals surface area contributed by atoms with Crippen LogP contribution in [0.25, 0.3) is 0 Å². The van der Waals surface area contributed by atoms with Crippen LogP contribution < -0.4 is 10.1 Å². The van der Waals surface area contributed by atoms with Crippen LogP contribution in [0.4, 0.5) is 13.2 Å². The first-order valence-corrected chi connectivity index (χ1v) is 8.56. The maximum Gasteiger partial charge on any atom is 0.416 e. The van der Waals surface area contributed by atoms with Crippen molar-refractivity contribution in [3.63, 3.8) is 0 Å². The maximum atomic E-state index is 12.5. The SMILES string of the molecule is COc1cccc([C@@H](C)NCCSc2ccc(C(F)(F)F)cc2)c1. The number of rotatable bonds is 7. The quantitative estimate of drug-likeness (QED) is 0.548. The third-order valence-corrected chi connectivity index (χ3v) is 4.61. The standard InChI is InChI=1S/C18H20F3NOS/c1-13(14-4-3-5-16(12-14)23-2)22-10-11-24-17-8-6-15(7-9-17)18(19,20)21/h3-9,12-13,22H,10-11H2,1-2H3/t13-/m1/s1. The van der Waals surface area contributed by atoms with Crippen LogP contribution in [0, 0.1) is 0 Å². The number of hydrogen-bond acceptors (Lipinski definition) is 3. The van der Waals surface area contributed by atoms with Crippen molar-refractivity contribution in [1.82, 2.24) is 5.32 Å². The molecule has 2 rings (SSSR count). The second-order valence-electron chi connectivity index (χ2n) is 5.32. The van der Waals surface area contributed by atoms with Crippen molar-refractivity contribution in [3.05, 3.63) is 59.7 Å². The fourth-order valence-electron chi connectivity index (χ4n) is 2.21. The zero-order valence-electron chi connectivity index (χ0n) is 13.6. The molecule has 2 aromatic rings. The van der Waals surface area contributed by atoms with E-state index in [-0.39, 0.29) is 6.04 Å². The normalized spacial score (nSPS) is 12.9. The number of hydrogen-bond donors (Lipinski definition) is 1. The van der Waals surface area contributed by atoms with Gasteiger partial charge >= 0.3 is 6.18 Å². The fourth-order valence-corrected chi connectivity index (χ4v) is 3.00. The molecule has 0 unspecified atom stereocenters. The van der Waals surface area contributed by atoms with Crippen LogP contribution in [0.5, 0.6) is 5.75 Å². The molecule has 0 amide bonds. The summed E-state index contributed by atoms with van der Waals surface area (Å²) in [6, 6.07) is 13.3. The molecule has 0 aliphatic rings. The molecular weight excluding hydrogens is 335 g/mol. The summed E-state index contributed by atoms with van der Waals surface area (Å²) in [5, 5.41) is 3.40. The Morgan fingerprint density at radius 3 is 2.46 bits per heavy atom. The molecule has 0 heterocycles. The summed E-state index contributed by atoms with van der Waals surface area (Å²) >= 11 is 1.53. The van der Waals surface area contributed by atoms with Gasteiger partial charge in [-0.2, -0.15) is 13.2 Å². The monoisotopic (exact) mass is 355 g/mol. The van der Waals surface area contributed by atoms with Crippen molar-refractivity contribution in [3.8, 4) is 5.75 Å². The molecule has 0 aromatic heterocycles. The lowest BCUT2D eigenvalue weighted by Crippen LogP contribution is -2.21. The minimum absolute atomic E-state index is 0.174. The smallest absolute Gasteiger partial charge is 0.416 e. The highest BCUT2D eigenvalue weighted by Crippen LogP contribution is 2.30. The van der Waals surface area contributed by atoms with E-state index in [0.29, 0.717) is 0 Å². The van der Waals surface area contributed by atoms with Gasteiger partial charge in [0, 0.05) is 23.2 Å². The molecule has 0 aliphatic carbocycles. The summed E-state index contributed by atoms with van der Waals surface area (Å²) in [6.07, 6.45) is -4.28. The van der Waals surface area contributed by atoms with Crippen molar-refractivity contribution in [1.29, 1.82) is 0 Å². The van der Waals surface area contributed by atoms with E-state index in [4.69, 9.17) is 4.74 Å². The van der Waals surface area contributed by atoms with Gasteiger partial charge in [0.05, 0.1) is 12.7 Å². The number of halogens is 3. The lowest BCUT2D eigenvalue weighted by Gasteiger charge is -2.15. The van der Waals surface area contributed by atoms with Crippen molar-refractivity contribution in [2.24, 2.45) is 0 Å². The number of thioether (sulfide) groups is 1. The average molecular weight is 355 g/mol. The summed E-state index contributed by atoms with van der Waals surface area (Å²) in [5.74, 6) is 1.60. The van der Waals surface area contributed by atoms with E-state index < -0.39 is 11.7 Å². The Bertz CT molecular complexity index is 643. The molecule has 0 bridgehead atoms. The van der Waals surface area contributed by atoms with Gasteiger partial charge in [0.2, 0.25) is 0 Å². The molecule has 0 spiro atoms. The average Bonchev–Trinajstić information content (AvgIpc) is 2.58. The molecule has 1 atom stereocenters. The number of methoxy groups -OCH3 is 1. The number of benzene rings is 2. The van der Waals surface area contributed by atoms with E-state index in [1.54, 1.807) is 7.11 Å². The summed E-state index contributed by atoms with van der Waals surface area (Å²) in [6.45, 7) is 2.82. The Kier molecular flexibility index (Phi) is 6.57. The minimum Gasteiger partial charge on any atom is -0.497 e. The fraction of sp³-hybridized carbons (Fsp3) is 0.333. The molecule has 2 nitrogen and oxygen atoms in total. The molecule has 24 heavy (non-hydrogen) atoms. The van der Waals surface area contributed by atoms with Crippen molar-refractivity contribution < 1.29 is 17.9 Å². The molecule has 0 radical (unpaired) electrons. The number of alkyl halides is 3. The molecule has 2 aromatic carbocycles. The highest BCUT2D eigenvalue weighted by molar-refractivity contribution is 7.99. The van der Waals surface area contributed by atoms with Crippen LogP contribution in [-0.4, -0.2) is 19.4 Å². The van der Waals surface area contributed by atoms with Crippen LogP contribution in [0.3, 0.4) is 0 Å². The summed E-state index contributed by atoms with van der Waals surface area (Å²) in [7, 11) is 1.64. The number of ether oxygens (including phenoxy) is 1. The van der Waals surface area contributed by atoms with E-state index >= 15 is 0 Å². The lowest BCUT2D eigenvalue weighted by atomic mass is 10.1. The number of nitrogens with one attached hydrogen (secondary N) is 1. The molecule has 0 aliphatic heterocycles. The van der Waals surface area contributed by atoms with E-state index in [1.165, 1.54) is 23.9 Å². The van der Waals surface area contributed by atoms with Gasteiger partial charge in [-0.1, -0.05) is 12.1 Å². The first-order valence-electron chi connectivity index (χ1n) is 7.57. The predicted molar refractivity (Wildman–Crippen MR) is 91.6 cm³/mol. The lowest BCUT2D eigenvalue weighted by molar-refractivity contribution is -0.137. The van der Waals surface area contributed by atoms with Crippen LogP contribution in [-0.2, 0) is 6.18 Å². The van der Waals surface area contributed by atoms with Crippen molar-refractivity contribution in [2.75, 3.05) is 19.4 Å². The van der Waals surface area contributed by atoms with Gasteiger partial charge in [0.15, 0.2) is 0 Å². The summed E-state index contributed by atoms with van der Waals surface area (Å²) in [4.78, 5) is 0.832. The maximum absolute atomic E-state index is 12.5. The molecular formula is C18H20F3NOS. The van der Waals surface area contributed by atoms with E-state index in [0.717, 1.165) is 40.6 Å². The van der Waals surface area contributed by atoms with Gasteiger partial charge in [-0.3, -0.25) is 0 Å². The van der Waals surface area contributed by atoms with E-state index in [1.807, 2.05) is 24.3 Å². The Morgan fingerprint density at radius 1 is 1.12 bits per heavy atom.